The van der Waals surface area contributed by atoms with E-state index in [2.05, 4.69) is 19.2 Å². The highest BCUT2D eigenvalue weighted by atomic mass is 16.2. The lowest BCUT2D eigenvalue weighted by Gasteiger charge is -2.17. The van der Waals surface area contributed by atoms with Crippen molar-refractivity contribution in [2.24, 2.45) is 11.3 Å². The fourth-order valence-electron chi connectivity index (χ4n) is 2.34. The molecule has 1 heterocycles. The summed E-state index contributed by atoms with van der Waals surface area (Å²) in [5.74, 6) is 1.04. The maximum Gasteiger partial charge on any atom is 0.239 e. The van der Waals surface area contributed by atoms with Gasteiger partial charge in [-0.2, -0.15) is 0 Å². The van der Waals surface area contributed by atoms with E-state index >= 15 is 0 Å². The third-order valence-electron chi connectivity index (χ3n) is 3.80. The van der Waals surface area contributed by atoms with Crippen LogP contribution in [0.5, 0.6) is 0 Å². The van der Waals surface area contributed by atoms with Gasteiger partial charge < -0.3 is 10.2 Å². The first-order chi connectivity index (χ1) is 6.54. The Labute approximate surface area is 85.8 Å². The summed E-state index contributed by atoms with van der Waals surface area (Å²) in [6, 6.07) is 0.0804. The van der Waals surface area contributed by atoms with Crippen molar-refractivity contribution >= 4 is 5.91 Å². The van der Waals surface area contributed by atoms with Crippen LogP contribution in [0.15, 0.2) is 0 Å². The van der Waals surface area contributed by atoms with E-state index in [0.717, 1.165) is 25.4 Å². The summed E-state index contributed by atoms with van der Waals surface area (Å²) in [7, 11) is 1.87. The predicted molar refractivity (Wildman–Crippen MR) is 55.9 cm³/mol. The van der Waals surface area contributed by atoms with Crippen LogP contribution in [0.4, 0.5) is 0 Å². The normalized spacial score (nSPS) is 35.1. The van der Waals surface area contributed by atoms with E-state index in [9.17, 15) is 4.79 Å². The minimum Gasteiger partial charge on any atom is -0.341 e. The molecule has 0 radical (unpaired) electrons. The zero-order valence-corrected chi connectivity index (χ0v) is 9.34. The Kier molecular flexibility index (Phi) is 2.30. The van der Waals surface area contributed by atoms with Crippen LogP contribution >= 0.6 is 0 Å². The molecule has 1 amide bonds. The second kappa shape index (κ2) is 3.23. The van der Waals surface area contributed by atoms with Gasteiger partial charge in [-0.15, -0.1) is 0 Å². The van der Waals surface area contributed by atoms with E-state index < -0.39 is 0 Å². The van der Waals surface area contributed by atoms with Crippen LogP contribution in [0.1, 0.15) is 26.7 Å². The summed E-state index contributed by atoms with van der Waals surface area (Å²) < 4.78 is 0. The standard InChI is InChI=1S/C11H20N2O/c1-11(2)6-8(11)7-13-5-4-9(12-3)10(13)14/h8-9,12H,4-7H2,1-3H3. The first-order valence-corrected chi connectivity index (χ1v) is 5.50. The van der Waals surface area contributed by atoms with Gasteiger partial charge in [-0.25, -0.2) is 0 Å². The Balaban J connectivity index is 1.86. The van der Waals surface area contributed by atoms with E-state index in [4.69, 9.17) is 0 Å². The number of nitrogens with zero attached hydrogens (tertiary/aromatic N) is 1. The number of likely N-dealkylation sites (tertiary alicyclic amines) is 1. The zero-order chi connectivity index (χ0) is 10.3. The number of likely N-dealkylation sites (N-methyl/N-ethyl adjacent to an activating group) is 1. The molecule has 80 valence electrons. The molecule has 2 rings (SSSR count). The third kappa shape index (κ3) is 1.65. The summed E-state index contributed by atoms with van der Waals surface area (Å²) in [5.41, 5.74) is 0.484. The van der Waals surface area contributed by atoms with Crippen LogP contribution in [-0.4, -0.2) is 37.0 Å². The van der Waals surface area contributed by atoms with Gasteiger partial charge in [0.25, 0.3) is 0 Å². The Bertz CT molecular complexity index is 250. The van der Waals surface area contributed by atoms with Crippen LogP contribution < -0.4 is 5.32 Å². The molecule has 0 aromatic heterocycles. The molecule has 1 saturated carbocycles. The minimum absolute atomic E-state index is 0.0804. The minimum atomic E-state index is 0.0804. The second-order valence-electron chi connectivity index (χ2n) is 5.30. The molecular formula is C11H20N2O. The van der Waals surface area contributed by atoms with Crippen LogP contribution in [0.2, 0.25) is 0 Å². The average molecular weight is 196 g/mol. The highest BCUT2D eigenvalue weighted by molar-refractivity contribution is 5.83. The van der Waals surface area contributed by atoms with Gasteiger partial charge in [0.1, 0.15) is 0 Å². The SMILES string of the molecule is CNC1CCN(CC2CC2(C)C)C1=O. The molecule has 2 fully saturated rings. The van der Waals surface area contributed by atoms with Gasteiger partial charge in [-0.3, -0.25) is 4.79 Å². The quantitative estimate of drug-likeness (QED) is 0.726. The Hall–Kier alpha value is -0.570. The number of hydrogen-bond acceptors (Lipinski definition) is 2. The third-order valence-corrected chi connectivity index (χ3v) is 3.80. The van der Waals surface area contributed by atoms with E-state index in [1.807, 2.05) is 11.9 Å². The van der Waals surface area contributed by atoms with E-state index in [-0.39, 0.29) is 6.04 Å². The van der Waals surface area contributed by atoms with Crippen molar-refractivity contribution in [3.05, 3.63) is 0 Å². The maximum absolute atomic E-state index is 11.8. The molecule has 1 aliphatic carbocycles. The topological polar surface area (TPSA) is 32.3 Å². The molecule has 2 aliphatic rings. The van der Waals surface area contributed by atoms with E-state index in [1.165, 1.54) is 6.42 Å². The van der Waals surface area contributed by atoms with Crippen molar-refractivity contribution < 1.29 is 4.79 Å². The Morgan fingerprint density at radius 3 is 2.64 bits per heavy atom. The molecular weight excluding hydrogens is 176 g/mol. The summed E-state index contributed by atoms with van der Waals surface area (Å²) >= 11 is 0. The Morgan fingerprint density at radius 1 is 1.57 bits per heavy atom. The maximum atomic E-state index is 11.8. The highest BCUT2D eigenvalue weighted by Crippen LogP contribution is 2.52. The first-order valence-electron chi connectivity index (χ1n) is 5.50. The summed E-state index contributed by atoms with van der Waals surface area (Å²) in [6.07, 6.45) is 2.25. The van der Waals surface area contributed by atoms with E-state index in [0.29, 0.717) is 11.3 Å². The van der Waals surface area contributed by atoms with Crippen molar-refractivity contribution in [1.82, 2.24) is 10.2 Å². The molecule has 1 N–H and O–H groups in total. The van der Waals surface area contributed by atoms with Crippen molar-refractivity contribution in [2.75, 3.05) is 20.1 Å². The van der Waals surface area contributed by atoms with Gasteiger partial charge >= 0.3 is 0 Å². The molecule has 1 saturated heterocycles. The predicted octanol–water partition coefficient (Wildman–Crippen LogP) is 0.853. The number of hydrogen-bond donors (Lipinski definition) is 1. The van der Waals surface area contributed by atoms with Gasteiger partial charge in [-0.1, -0.05) is 13.8 Å². The molecule has 2 unspecified atom stereocenters. The van der Waals surface area contributed by atoms with E-state index in [1.54, 1.807) is 0 Å². The van der Waals surface area contributed by atoms with Gasteiger partial charge in [-0.05, 0) is 31.2 Å². The molecule has 3 heteroatoms. The number of nitrogens with one attached hydrogen (secondary N) is 1. The summed E-state index contributed by atoms with van der Waals surface area (Å²) in [4.78, 5) is 13.8. The molecule has 14 heavy (non-hydrogen) atoms. The molecule has 0 bridgehead atoms. The molecule has 3 nitrogen and oxygen atoms in total. The summed E-state index contributed by atoms with van der Waals surface area (Å²) in [5, 5.41) is 3.07. The molecule has 1 aliphatic heterocycles. The highest BCUT2D eigenvalue weighted by Gasteiger charge is 2.47. The molecule has 0 aromatic carbocycles. The molecule has 2 atom stereocenters. The van der Waals surface area contributed by atoms with Crippen LogP contribution in [0.25, 0.3) is 0 Å². The monoisotopic (exact) mass is 196 g/mol. The van der Waals surface area contributed by atoms with Crippen molar-refractivity contribution in [1.29, 1.82) is 0 Å². The lowest BCUT2D eigenvalue weighted by Crippen LogP contribution is -2.37. The number of rotatable bonds is 3. The average Bonchev–Trinajstić information content (AvgIpc) is 2.54. The lowest BCUT2D eigenvalue weighted by molar-refractivity contribution is -0.129. The first kappa shape index (κ1) is 9.97. The number of carbonyl (C=O) groups excluding carboxylic acids is 1. The molecule has 0 aromatic rings. The molecule has 0 spiro atoms. The van der Waals surface area contributed by atoms with Crippen LogP contribution in [-0.2, 0) is 4.79 Å². The largest absolute Gasteiger partial charge is 0.341 e. The number of amides is 1. The van der Waals surface area contributed by atoms with Crippen LogP contribution in [0, 0.1) is 11.3 Å². The second-order valence-corrected chi connectivity index (χ2v) is 5.30. The van der Waals surface area contributed by atoms with Gasteiger partial charge in [0.2, 0.25) is 5.91 Å². The van der Waals surface area contributed by atoms with Crippen molar-refractivity contribution in [3.63, 3.8) is 0 Å². The summed E-state index contributed by atoms with van der Waals surface area (Å²) in [6.45, 7) is 6.49. The lowest BCUT2D eigenvalue weighted by atomic mass is 10.1. The fourth-order valence-corrected chi connectivity index (χ4v) is 2.34. The van der Waals surface area contributed by atoms with Gasteiger partial charge in [0, 0.05) is 13.1 Å². The van der Waals surface area contributed by atoms with Gasteiger partial charge in [0.15, 0.2) is 0 Å². The fraction of sp³-hybridized carbons (Fsp3) is 0.909. The zero-order valence-electron chi connectivity index (χ0n) is 9.34. The van der Waals surface area contributed by atoms with Crippen molar-refractivity contribution in [3.8, 4) is 0 Å². The Morgan fingerprint density at radius 2 is 2.21 bits per heavy atom. The number of carbonyl (C=O) groups is 1. The van der Waals surface area contributed by atoms with Crippen molar-refractivity contribution in [2.45, 2.75) is 32.7 Å². The van der Waals surface area contributed by atoms with Gasteiger partial charge in [0.05, 0.1) is 6.04 Å². The van der Waals surface area contributed by atoms with Crippen LogP contribution in [0.3, 0.4) is 0 Å². The smallest absolute Gasteiger partial charge is 0.239 e.